The zero-order chi connectivity index (χ0) is 20.3. The number of anilines is 1. The molecule has 1 amide bonds. The number of halogens is 2. The first-order chi connectivity index (χ1) is 13.4. The van der Waals surface area contributed by atoms with E-state index in [1.165, 1.54) is 6.07 Å². The van der Waals surface area contributed by atoms with Crippen molar-refractivity contribution in [2.24, 2.45) is 0 Å². The van der Waals surface area contributed by atoms with E-state index in [-0.39, 0.29) is 21.2 Å². The van der Waals surface area contributed by atoms with Crippen molar-refractivity contribution in [3.8, 4) is 0 Å². The summed E-state index contributed by atoms with van der Waals surface area (Å²) in [4.78, 5) is 25.1. The van der Waals surface area contributed by atoms with E-state index in [2.05, 4.69) is 5.32 Å². The van der Waals surface area contributed by atoms with E-state index in [0.717, 1.165) is 6.07 Å². The van der Waals surface area contributed by atoms with E-state index in [4.69, 9.17) is 23.2 Å². The molecule has 0 saturated carbocycles. The Morgan fingerprint density at radius 1 is 0.821 bits per heavy atom. The van der Waals surface area contributed by atoms with Crippen LogP contribution in [0.4, 0.5) is 5.69 Å². The lowest BCUT2D eigenvalue weighted by Crippen LogP contribution is -2.16. The van der Waals surface area contributed by atoms with Crippen LogP contribution in [0, 0.1) is 0 Å². The van der Waals surface area contributed by atoms with Gasteiger partial charge in [-0.2, -0.15) is 0 Å². The fourth-order valence-electron chi connectivity index (χ4n) is 2.45. The highest BCUT2D eigenvalue weighted by molar-refractivity contribution is 7.85. The van der Waals surface area contributed by atoms with Crippen LogP contribution in [0.3, 0.4) is 0 Å². The molecule has 0 heterocycles. The highest BCUT2D eigenvalue weighted by Crippen LogP contribution is 2.27. The number of hydrogen-bond donors (Lipinski definition) is 2. The van der Waals surface area contributed by atoms with Crippen LogP contribution in [0.2, 0.25) is 10.0 Å². The van der Waals surface area contributed by atoms with Gasteiger partial charge in [0.1, 0.15) is 0 Å². The predicted octanol–water partition coefficient (Wildman–Crippen LogP) is 5.11. The Morgan fingerprint density at radius 3 is 1.93 bits per heavy atom. The summed E-state index contributed by atoms with van der Waals surface area (Å²) in [6, 6.07) is 17.8. The number of carboxylic acids is 1. The second-order valence-electron chi connectivity index (χ2n) is 5.68. The third kappa shape index (κ3) is 4.42. The zero-order valence-corrected chi connectivity index (χ0v) is 16.5. The lowest BCUT2D eigenvalue weighted by molar-refractivity contribution is 0.0692. The molecule has 28 heavy (non-hydrogen) atoms. The number of aromatic carboxylic acids is 1. The number of nitrogens with one attached hydrogen (secondary N) is 1. The molecule has 0 spiro atoms. The fraction of sp³-hybridized carbons (Fsp3) is 0. The molecule has 142 valence electrons. The first-order valence-corrected chi connectivity index (χ1v) is 9.88. The third-order valence-corrected chi connectivity index (χ3v) is 5.94. The molecule has 0 saturated heterocycles. The van der Waals surface area contributed by atoms with E-state index in [1.807, 2.05) is 6.07 Å². The molecule has 0 bridgehead atoms. The Kier molecular flexibility index (Phi) is 6.14. The molecular formula is C20H13Cl2NO4S. The second-order valence-corrected chi connectivity index (χ2v) is 7.97. The molecule has 0 radical (unpaired) electrons. The van der Waals surface area contributed by atoms with Crippen LogP contribution < -0.4 is 5.32 Å². The lowest BCUT2D eigenvalue weighted by atomic mass is 10.1. The zero-order valence-electron chi connectivity index (χ0n) is 14.2. The number of benzene rings is 3. The van der Waals surface area contributed by atoms with Gasteiger partial charge in [-0.1, -0.05) is 41.4 Å². The normalized spacial score (nSPS) is 11.6. The second kappa shape index (κ2) is 8.56. The van der Waals surface area contributed by atoms with Crippen LogP contribution in [0.5, 0.6) is 0 Å². The number of carbonyl (C=O) groups excluding carboxylic acids is 1. The maximum absolute atomic E-state index is 12.5. The molecular weight excluding hydrogens is 421 g/mol. The van der Waals surface area contributed by atoms with Crippen molar-refractivity contribution in [1.82, 2.24) is 0 Å². The SMILES string of the molecule is O=C(O)c1cc(Cl)c(Cl)cc1C(=O)Nc1ccc(S(=O)c2ccccc2)cc1. The molecule has 5 nitrogen and oxygen atoms in total. The molecule has 8 heteroatoms. The molecule has 0 aliphatic rings. The molecule has 0 aliphatic heterocycles. The maximum Gasteiger partial charge on any atom is 0.336 e. The van der Waals surface area contributed by atoms with Gasteiger partial charge in [0.15, 0.2) is 0 Å². The average molecular weight is 434 g/mol. The Labute approximate surface area is 173 Å². The molecule has 3 rings (SSSR count). The van der Waals surface area contributed by atoms with Crippen LogP contribution in [-0.2, 0) is 10.8 Å². The van der Waals surface area contributed by atoms with Crippen molar-refractivity contribution in [3.63, 3.8) is 0 Å². The summed E-state index contributed by atoms with van der Waals surface area (Å²) in [5.41, 5.74) is 0.0498. The van der Waals surface area contributed by atoms with Gasteiger partial charge in [-0.05, 0) is 48.5 Å². The highest BCUT2D eigenvalue weighted by Gasteiger charge is 2.19. The third-order valence-electron chi connectivity index (χ3n) is 3.82. The smallest absolute Gasteiger partial charge is 0.336 e. The number of hydrogen-bond acceptors (Lipinski definition) is 3. The molecule has 0 fully saturated rings. The van der Waals surface area contributed by atoms with Gasteiger partial charge >= 0.3 is 5.97 Å². The summed E-state index contributed by atoms with van der Waals surface area (Å²) in [6.07, 6.45) is 0. The van der Waals surface area contributed by atoms with Gasteiger partial charge in [0.05, 0.1) is 32.0 Å². The average Bonchev–Trinajstić information content (AvgIpc) is 2.70. The van der Waals surface area contributed by atoms with Gasteiger partial charge in [0, 0.05) is 15.5 Å². The van der Waals surface area contributed by atoms with Crippen LogP contribution in [0.1, 0.15) is 20.7 Å². The number of amides is 1. The van der Waals surface area contributed by atoms with Crippen LogP contribution in [0.25, 0.3) is 0 Å². The van der Waals surface area contributed by atoms with Crippen molar-refractivity contribution in [3.05, 3.63) is 87.9 Å². The van der Waals surface area contributed by atoms with Crippen molar-refractivity contribution in [2.75, 3.05) is 5.32 Å². The number of rotatable bonds is 5. The van der Waals surface area contributed by atoms with Gasteiger partial charge < -0.3 is 10.4 Å². The molecule has 2 N–H and O–H groups in total. The molecule has 0 aromatic heterocycles. The Hall–Kier alpha value is -2.67. The van der Waals surface area contributed by atoms with Gasteiger partial charge in [0.2, 0.25) is 0 Å². The van der Waals surface area contributed by atoms with Crippen molar-refractivity contribution in [1.29, 1.82) is 0 Å². The maximum atomic E-state index is 12.5. The largest absolute Gasteiger partial charge is 0.478 e. The van der Waals surface area contributed by atoms with E-state index >= 15 is 0 Å². The lowest BCUT2D eigenvalue weighted by Gasteiger charge is -2.10. The van der Waals surface area contributed by atoms with Gasteiger partial charge in [-0.25, -0.2) is 9.00 Å². The summed E-state index contributed by atoms with van der Waals surface area (Å²) in [5, 5.41) is 12.0. The molecule has 0 aliphatic carbocycles. The summed E-state index contributed by atoms with van der Waals surface area (Å²) in [5.74, 6) is -1.94. The van der Waals surface area contributed by atoms with E-state index in [1.54, 1.807) is 48.5 Å². The molecule has 3 aromatic carbocycles. The fourth-order valence-corrected chi connectivity index (χ4v) is 3.84. The van der Waals surface area contributed by atoms with Crippen LogP contribution >= 0.6 is 23.2 Å². The monoisotopic (exact) mass is 433 g/mol. The van der Waals surface area contributed by atoms with E-state index in [9.17, 15) is 18.9 Å². The van der Waals surface area contributed by atoms with E-state index < -0.39 is 22.7 Å². The minimum atomic E-state index is -1.34. The summed E-state index contributed by atoms with van der Waals surface area (Å²) >= 11 is 11.7. The Balaban J connectivity index is 1.81. The summed E-state index contributed by atoms with van der Waals surface area (Å²) < 4.78 is 12.5. The first kappa shape index (κ1) is 20.1. The Bertz CT molecular complexity index is 1070. The van der Waals surface area contributed by atoms with E-state index in [0.29, 0.717) is 15.5 Å². The van der Waals surface area contributed by atoms with Crippen molar-refractivity contribution < 1.29 is 18.9 Å². The number of carboxylic acid groups (broad SMARTS) is 1. The minimum absolute atomic E-state index is 0.0448. The van der Waals surface area contributed by atoms with Gasteiger partial charge in [0.25, 0.3) is 5.91 Å². The quantitative estimate of drug-likeness (QED) is 0.585. The van der Waals surface area contributed by atoms with Crippen LogP contribution in [-0.4, -0.2) is 21.2 Å². The summed E-state index contributed by atoms with van der Waals surface area (Å²) in [6.45, 7) is 0. The molecule has 1 unspecified atom stereocenters. The van der Waals surface area contributed by atoms with Gasteiger partial charge in [-0.3, -0.25) is 4.79 Å². The highest BCUT2D eigenvalue weighted by atomic mass is 35.5. The summed E-state index contributed by atoms with van der Waals surface area (Å²) in [7, 11) is -1.34. The predicted molar refractivity (Wildman–Crippen MR) is 109 cm³/mol. The van der Waals surface area contributed by atoms with Crippen LogP contribution in [0.15, 0.2) is 76.5 Å². The molecule has 1 atom stereocenters. The topological polar surface area (TPSA) is 83.5 Å². The van der Waals surface area contributed by atoms with Gasteiger partial charge in [-0.15, -0.1) is 0 Å². The number of carbonyl (C=O) groups is 2. The van der Waals surface area contributed by atoms with Crippen molar-refractivity contribution in [2.45, 2.75) is 9.79 Å². The Morgan fingerprint density at radius 2 is 1.36 bits per heavy atom. The first-order valence-electron chi connectivity index (χ1n) is 7.97. The van der Waals surface area contributed by atoms with Crippen molar-refractivity contribution >= 4 is 51.6 Å². The molecule has 3 aromatic rings. The standard InChI is InChI=1S/C20H13Cl2NO4S/c21-17-10-15(16(20(25)26)11-18(17)22)19(24)23-12-6-8-14(9-7-12)28(27)13-4-2-1-3-5-13/h1-11H,(H,23,24)(H,25,26). The minimum Gasteiger partial charge on any atom is -0.478 e.